The summed E-state index contributed by atoms with van der Waals surface area (Å²) in [5.74, 6) is -0.327. The summed E-state index contributed by atoms with van der Waals surface area (Å²) in [6.07, 6.45) is 0. The second-order valence-electron chi connectivity index (χ2n) is 6.15. The highest BCUT2D eigenvalue weighted by atomic mass is 32.1. The van der Waals surface area contributed by atoms with Gasteiger partial charge in [0.2, 0.25) is 0 Å². The molecule has 0 saturated heterocycles. The van der Waals surface area contributed by atoms with Crippen LogP contribution in [0.4, 0.5) is 10.8 Å². The number of carbonyl (C=O) groups is 1. The zero-order valence-electron chi connectivity index (χ0n) is 14.7. The standard InChI is InChI=1S/C21H15N3O3S/c25-20(16-9-6-10-17(13-16)24(26)27)23(14-15-7-2-1-3-8-15)21-22-18-11-4-5-12-19(18)28-21/h1-13H,14H2. The van der Waals surface area contributed by atoms with E-state index in [1.807, 2.05) is 54.6 Å². The van der Waals surface area contributed by atoms with Crippen molar-refractivity contribution >= 4 is 38.3 Å². The monoisotopic (exact) mass is 389 g/mol. The Morgan fingerprint density at radius 3 is 2.50 bits per heavy atom. The first-order valence-corrected chi connectivity index (χ1v) is 9.39. The van der Waals surface area contributed by atoms with E-state index >= 15 is 0 Å². The number of non-ortho nitro benzene ring substituents is 1. The number of aromatic nitrogens is 1. The third-order valence-corrected chi connectivity index (χ3v) is 5.31. The number of amides is 1. The van der Waals surface area contributed by atoms with Crippen LogP contribution in [0.1, 0.15) is 15.9 Å². The number of nitro benzene ring substituents is 1. The molecule has 138 valence electrons. The van der Waals surface area contributed by atoms with Gasteiger partial charge in [0.25, 0.3) is 11.6 Å². The van der Waals surface area contributed by atoms with E-state index in [1.54, 1.807) is 11.0 Å². The van der Waals surface area contributed by atoms with Crippen LogP contribution in [0.2, 0.25) is 0 Å². The molecule has 28 heavy (non-hydrogen) atoms. The molecule has 3 aromatic carbocycles. The second-order valence-corrected chi connectivity index (χ2v) is 7.16. The fourth-order valence-electron chi connectivity index (χ4n) is 2.88. The highest BCUT2D eigenvalue weighted by Crippen LogP contribution is 2.31. The predicted octanol–water partition coefficient (Wildman–Crippen LogP) is 5.05. The van der Waals surface area contributed by atoms with E-state index in [0.29, 0.717) is 11.7 Å². The first-order chi connectivity index (χ1) is 13.6. The van der Waals surface area contributed by atoms with Crippen LogP contribution < -0.4 is 4.90 Å². The van der Waals surface area contributed by atoms with Crippen molar-refractivity contribution in [2.75, 3.05) is 4.90 Å². The Labute approximate surface area is 164 Å². The lowest BCUT2D eigenvalue weighted by atomic mass is 10.1. The van der Waals surface area contributed by atoms with Crippen molar-refractivity contribution in [3.63, 3.8) is 0 Å². The fourth-order valence-corrected chi connectivity index (χ4v) is 3.84. The summed E-state index contributed by atoms with van der Waals surface area (Å²) < 4.78 is 0.974. The van der Waals surface area contributed by atoms with Gasteiger partial charge in [0, 0.05) is 17.7 Å². The van der Waals surface area contributed by atoms with Crippen molar-refractivity contribution in [1.29, 1.82) is 0 Å². The topological polar surface area (TPSA) is 76.3 Å². The lowest BCUT2D eigenvalue weighted by Gasteiger charge is -2.20. The number of benzene rings is 3. The van der Waals surface area contributed by atoms with Crippen LogP contribution in [-0.4, -0.2) is 15.8 Å². The molecule has 0 atom stereocenters. The molecule has 0 N–H and O–H groups in total. The van der Waals surface area contributed by atoms with Gasteiger partial charge in [0.05, 0.1) is 21.7 Å². The number of carbonyl (C=O) groups excluding carboxylic acids is 1. The smallest absolute Gasteiger partial charge is 0.270 e. The molecule has 7 heteroatoms. The summed E-state index contributed by atoms with van der Waals surface area (Å²) in [5, 5.41) is 11.7. The molecule has 0 saturated carbocycles. The number of hydrogen-bond acceptors (Lipinski definition) is 5. The summed E-state index contributed by atoms with van der Waals surface area (Å²) in [5.41, 5.74) is 1.90. The molecule has 4 aromatic rings. The zero-order valence-corrected chi connectivity index (χ0v) is 15.5. The minimum absolute atomic E-state index is 0.116. The van der Waals surface area contributed by atoms with Gasteiger partial charge in [0.15, 0.2) is 5.13 Å². The van der Waals surface area contributed by atoms with Crippen molar-refractivity contribution in [1.82, 2.24) is 4.98 Å². The number of rotatable bonds is 5. The number of anilines is 1. The summed E-state index contributed by atoms with van der Waals surface area (Å²) in [6.45, 7) is 0.322. The quantitative estimate of drug-likeness (QED) is 0.353. The average Bonchev–Trinajstić information content (AvgIpc) is 3.16. The van der Waals surface area contributed by atoms with Gasteiger partial charge in [-0.2, -0.15) is 0 Å². The van der Waals surface area contributed by atoms with Crippen LogP contribution in [0, 0.1) is 10.1 Å². The lowest BCUT2D eigenvalue weighted by Crippen LogP contribution is -2.30. The molecule has 0 aliphatic rings. The van der Waals surface area contributed by atoms with Crippen molar-refractivity contribution in [3.05, 3.63) is 100 Å². The van der Waals surface area contributed by atoms with Gasteiger partial charge in [-0.15, -0.1) is 0 Å². The van der Waals surface area contributed by atoms with Gasteiger partial charge in [-0.25, -0.2) is 4.98 Å². The SMILES string of the molecule is O=C(c1cccc([N+](=O)[O-])c1)N(Cc1ccccc1)c1nc2ccccc2s1. The highest BCUT2D eigenvalue weighted by Gasteiger charge is 2.23. The number of para-hydroxylation sites is 1. The Bertz CT molecular complexity index is 1120. The maximum atomic E-state index is 13.3. The van der Waals surface area contributed by atoms with Crippen LogP contribution >= 0.6 is 11.3 Å². The van der Waals surface area contributed by atoms with Crippen LogP contribution in [0.25, 0.3) is 10.2 Å². The number of thiazole rings is 1. The number of nitro groups is 1. The Hall–Kier alpha value is -3.58. The van der Waals surface area contributed by atoms with Crippen LogP contribution in [0.15, 0.2) is 78.9 Å². The first-order valence-electron chi connectivity index (χ1n) is 8.57. The van der Waals surface area contributed by atoms with E-state index in [0.717, 1.165) is 15.8 Å². The molecule has 0 fully saturated rings. The Kier molecular flexibility index (Phi) is 4.82. The summed E-state index contributed by atoms with van der Waals surface area (Å²) in [7, 11) is 0. The number of hydrogen-bond donors (Lipinski definition) is 0. The largest absolute Gasteiger partial charge is 0.279 e. The van der Waals surface area contributed by atoms with Gasteiger partial charge in [-0.1, -0.05) is 59.9 Å². The van der Waals surface area contributed by atoms with E-state index in [-0.39, 0.29) is 17.2 Å². The van der Waals surface area contributed by atoms with Gasteiger partial charge >= 0.3 is 0 Å². The third-order valence-electron chi connectivity index (χ3n) is 4.25. The van der Waals surface area contributed by atoms with E-state index < -0.39 is 4.92 Å². The molecule has 0 bridgehead atoms. The number of fused-ring (bicyclic) bond motifs is 1. The predicted molar refractivity (Wildman–Crippen MR) is 110 cm³/mol. The maximum Gasteiger partial charge on any atom is 0.270 e. The Morgan fingerprint density at radius 2 is 1.75 bits per heavy atom. The van der Waals surface area contributed by atoms with Gasteiger partial charge < -0.3 is 0 Å². The Morgan fingerprint density at radius 1 is 1.00 bits per heavy atom. The van der Waals surface area contributed by atoms with Crippen LogP contribution in [0.5, 0.6) is 0 Å². The van der Waals surface area contributed by atoms with Crippen molar-refractivity contribution in [3.8, 4) is 0 Å². The molecular formula is C21H15N3O3S. The van der Waals surface area contributed by atoms with Crippen molar-refractivity contribution in [2.24, 2.45) is 0 Å². The average molecular weight is 389 g/mol. The second kappa shape index (κ2) is 7.58. The van der Waals surface area contributed by atoms with E-state index in [1.165, 1.54) is 29.5 Å². The van der Waals surface area contributed by atoms with Gasteiger partial charge in [-0.3, -0.25) is 19.8 Å². The van der Waals surface area contributed by atoms with Crippen molar-refractivity contribution in [2.45, 2.75) is 6.54 Å². The summed E-state index contributed by atoms with van der Waals surface area (Å²) in [6, 6.07) is 23.0. The van der Waals surface area contributed by atoms with E-state index in [2.05, 4.69) is 4.98 Å². The molecule has 4 rings (SSSR count). The highest BCUT2D eigenvalue weighted by molar-refractivity contribution is 7.22. The molecule has 0 spiro atoms. The zero-order chi connectivity index (χ0) is 19.5. The third kappa shape index (κ3) is 3.60. The molecular weight excluding hydrogens is 374 g/mol. The first kappa shape index (κ1) is 17.8. The molecule has 0 aliphatic heterocycles. The molecule has 0 aliphatic carbocycles. The molecule has 6 nitrogen and oxygen atoms in total. The van der Waals surface area contributed by atoms with Gasteiger partial charge in [-0.05, 0) is 23.8 Å². The summed E-state index contributed by atoms with van der Waals surface area (Å²) in [4.78, 5) is 30.0. The number of nitrogens with zero attached hydrogens (tertiary/aromatic N) is 3. The van der Waals surface area contributed by atoms with Crippen LogP contribution in [0.3, 0.4) is 0 Å². The maximum absolute atomic E-state index is 13.3. The van der Waals surface area contributed by atoms with Gasteiger partial charge in [0.1, 0.15) is 0 Å². The molecule has 1 aromatic heterocycles. The molecule has 0 unspecified atom stereocenters. The normalized spacial score (nSPS) is 10.7. The molecule has 1 heterocycles. The molecule has 1 amide bonds. The molecule has 0 radical (unpaired) electrons. The lowest BCUT2D eigenvalue weighted by molar-refractivity contribution is -0.384. The summed E-state index contributed by atoms with van der Waals surface area (Å²) >= 11 is 1.42. The Balaban J connectivity index is 1.76. The minimum atomic E-state index is -0.504. The van der Waals surface area contributed by atoms with E-state index in [9.17, 15) is 14.9 Å². The van der Waals surface area contributed by atoms with E-state index in [4.69, 9.17) is 0 Å². The van der Waals surface area contributed by atoms with Crippen LogP contribution in [-0.2, 0) is 6.54 Å². The minimum Gasteiger partial charge on any atom is -0.279 e. The fraction of sp³-hybridized carbons (Fsp3) is 0.0476. The van der Waals surface area contributed by atoms with Crippen molar-refractivity contribution < 1.29 is 9.72 Å².